The number of likely N-dealkylation sites (tertiary alicyclic amines) is 1. The van der Waals surface area contributed by atoms with Crippen LogP contribution in [-0.2, 0) is 14.6 Å². The number of halogens is 1. The van der Waals surface area contributed by atoms with Crippen LogP contribution in [0.2, 0.25) is 0 Å². The van der Waals surface area contributed by atoms with Crippen molar-refractivity contribution in [3.8, 4) is 0 Å². The molecule has 0 aromatic heterocycles. The standard InChI is InChI=1S/C15H21FN2O4S/c1-22-14(11-3-5-12(16)6-4-11)9-17-15(19)18-8-7-13(10-18)23(2,20)21/h3-6,13-14H,7-10H2,1-2H3,(H,17,19)/t13-,14+/m1/s1. The summed E-state index contributed by atoms with van der Waals surface area (Å²) >= 11 is 0. The highest BCUT2D eigenvalue weighted by molar-refractivity contribution is 7.91. The predicted octanol–water partition coefficient (Wildman–Crippen LogP) is 1.34. The molecule has 0 saturated carbocycles. The van der Waals surface area contributed by atoms with E-state index in [2.05, 4.69) is 5.32 Å². The Hall–Kier alpha value is -1.67. The normalized spacial score (nSPS) is 19.6. The Kier molecular flexibility index (Phi) is 5.59. The molecule has 1 aromatic carbocycles. The number of ether oxygens (including phenoxy) is 1. The van der Waals surface area contributed by atoms with Crippen LogP contribution in [-0.4, -0.2) is 57.6 Å². The molecule has 128 valence electrons. The highest BCUT2D eigenvalue weighted by Crippen LogP contribution is 2.18. The van der Waals surface area contributed by atoms with Gasteiger partial charge in [0.1, 0.15) is 5.82 Å². The van der Waals surface area contributed by atoms with Crippen molar-refractivity contribution in [3.05, 3.63) is 35.6 Å². The van der Waals surface area contributed by atoms with E-state index in [9.17, 15) is 17.6 Å². The molecule has 0 bridgehead atoms. The summed E-state index contributed by atoms with van der Waals surface area (Å²) in [5.74, 6) is -0.337. The summed E-state index contributed by atoms with van der Waals surface area (Å²) in [6.45, 7) is 0.845. The molecule has 2 amide bonds. The van der Waals surface area contributed by atoms with Crippen LogP contribution in [0.4, 0.5) is 9.18 Å². The molecule has 1 aromatic rings. The number of benzene rings is 1. The van der Waals surface area contributed by atoms with Gasteiger partial charge < -0.3 is 15.0 Å². The lowest BCUT2D eigenvalue weighted by molar-refractivity contribution is 0.102. The largest absolute Gasteiger partial charge is 0.375 e. The van der Waals surface area contributed by atoms with Crippen molar-refractivity contribution >= 4 is 15.9 Å². The minimum atomic E-state index is -3.13. The molecule has 23 heavy (non-hydrogen) atoms. The second kappa shape index (κ2) is 7.27. The van der Waals surface area contributed by atoms with E-state index in [1.165, 1.54) is 30.4 Å². The van der Waals surface area contributed by atoms with E-state index in [-0.39, 0.29) is 24.9 Å². The van der Waals surface area contributed by atoms with Crippen molar-refractivity contribution in [2.24, 2.45) is 0 Å². The topological polar surface area (TPSA) is 75.7 Å². The van der Waals surface area contributed by atoms with Crippen LogP contribution in [0.15, 0.2) is 24.3 Å². The molecule has 1 N–H and O–H groups in total. The molecule has 0 aliphatic carbocycles. The molecule has 1 aliphatic rings. The molecule has 0 spiro atoms. The molecule has 2 rings (SSSR count). The summed E-state index contributed by atoms with van der Waals surface area (Å²) in [6.07, 6.45) is 1.25. The maximum atomic E-state index is 12.9. The minimum absolute atomic E-state index is 0.207. The van der Waals surface area contributed by atoms with E-state index in [1.807, 2.05) is 0 Å². The molecule has 1 fully saturated rings. The van der Waals surface area contributed by atoms with Crippen LogP contribution in [0, 0.1) is 5.82 Å². The monoisotopic (exact) mass is 344 g/mol. The van der Waals surface area contributed by atoms with Crippen LogP contribution in [0.5, 0.6) is 0 Å². The van der Waals surface area contributed by atoms with Crippen LogP contribution in [0.25, 0.3) is 0 Å². The summed E-state index contributed by atoms with van der Waals surface area (Å²) in [7, 11) is -1.62. The molecule has 0 unspecified atom stereocenters. The maximum Gasteiger partial charge on any atom is 0.317 e. The Morgan fingerprint density at radius 1 is 1.43 bits per heavy atom. The third-order valence-corrected chi connectivity index (χ3v) is 5.60. The first-order valence-electron chi connectivity index (χ1n) is 7.31. The van der Waals surface area contributed by atoms with Crippen LogP contribution >= 0.6 is 0 Å². The van der Waals surface area contributed by atoms with Gasteiger partial charge in [-0.2, -0.15) is 0 Å². The Labute approximate surface area is 135 Å². The first-order valence-corrected chi connectivity index (χ1v) is 9.26. The Balaban J connectivity index is 1.89. The zero-order valence-electron chi connectivity index (χ0n) is 13.2. The molecule has 6 nitrogen and oxygen atoms in total. The average Bonchev–Trinajstić information content (AvgIpc) is 2.99. The quantitative estimate of drug-likeness (QED) is 0.875. The van der Waals surface area contributed by atoms with Crippen LogP contribution in [0.1, 0.15) is 18.1 Å². The van der Waals surface area contributed by atoms with E-state index in [0.717, 1.165) is 5.56 Å². The lowest BCUT2D eigenvalue weighted by Crippen LogP contribution is -2.41. The Bertz CT molecular complexity index is 648. The smallest absolute Gasteiger partial charge is 0.317 e. The first kappa shape index (κ1) is 17.7. The number of sulfone groups is 1. The number of nitrogens with one attached hydrogen (secondary N) is 1. The lowest BCUT2D eigenvalue weighted by atomic mass is 10.1. The molecule has 2 atom stereocenters. The SMILES string of the molecule is CO[C@@H](CNC(=O)N1CC[C@@H](S(C)(=O)=O)C1)c1ccc(F)cc1. The number of hydrogen-bond donors (Lipinski definition) is 1. The fourth-order valence-corrected chi connectivity index (χ4v) is 3.55. The van der Waals surface area contributed by atoms with Gasteiger partial charge in [0.25, 0.3) is 0 Å². The third-order valence-electron chi connectivity index (χ3n) is 4.00. The van der Waals surface area contributed by atoms with Crippen molar-refractivity contribution in [1.29, 1.82) is 0 Å². The van der Waals surface area contributed by atoms with Gasteiger partial charge in [0.05, 0.1) is 11.4 Å². The molecule has 1 heterocycles. The van der Waals surface area contributed by atoms with E-state index >= 15 is 0 Å². The second-order valence-electron chi connectivity index (χ2n) is 5.65. The molecular weight excluding hydrogens is 323 g/mol. The van der Waals surface area contributed by atoms with Crippen molar-refractivity contribution in [2.75, 3.05) is 33.0 Å². The average molecular weight is 344 g/mol. The van der Waals surface area contributed by atoms with E-state index in [4.69, 9.17) is 4.74 Å². The number of carbonyl (C=O) groups is 1. The molecule has 0 radical (unpaired) electrons. The van der Waals surface area contributed by atoms with Gasteiger partial charge in [-0.3, -0.25) is 0 Å². The van der Waals surface area contributed by atoms with E-state index in [1.54, 1.807) is 12.1 Å². The number of amides is 2. The van der Waals surface area contributed by atoms with Crippen molar-refractivity contribution in [2.45, 2.75) is 17.8 Å². The fourth-order valence-electron chi connectivity index (χ4n) is 2.57. The van der Waals surface area contributed by atoms with E-state index in [0.29, 0.717) is 13.0 Å². The number of carbonyl (C=O) groups excluding carboxylic acids is 1. The summed E-state index contributed by atoms with van der Waals surface area (Å²) < 4.78 is 41.3. The number of hydrogen-bond acceptors (Lipinski definition) is 4. The fraction of sp³-hybridized carbons (Fsp3) is 0.533. The number of methoxy groups -OCH3 is 1. The van der Waals surface area contributed by atoms with Gasteiger partial charge in [-0.15, -0.1) is 0 Å². The lowest BCUT2D eigenvalue weighted by Gasteiger charge is -2.21. The predicted molar refractivity (Wildman–Crippen MR) is 84.4 cm³/mol. The number of rotatable bonds is 5. The third kappa shape index (κ3) is 4.65. The van der Waals surface area contributed by atoms with Gasteiger partial charge in [0, 0.05) is 33.0 Å². The Morgan fingerprint density at radius 2 is 2.09 bits per heavy atom. The highest BCUT2D eigenvalue weighted by Gasteiger charge is 2.32. The van der Waals surface area contributed by atoms with Crippen LogP contribution in [0.3, 0.4) is 0 Å². The minimum Gasteiger partial charge on any atom is -0.375 e. The van der Waals surface area contributed by atoms with Crippen LogP contribution < -0.4 is 5.32 Å². The van der Waals surface area contributed by atoms with Gasteiger partial charge in [-0.25, -0.2) is 17.6 Å². The van der Waals surface area contributed by atoms with Gasteiger partial charge in [-0.05, 0) is 24.1 Å². The Morgan fingerprint density at radius 3 is 2.61 bits per heavy atom. The molecule has 1 saturated heterocycles. The van der Waals surface area contributed by atoms with Gasteiger partial charge in [-0.1, -0.05) is 12.1 Å². The first-order chi connectivity index (χ1) is 10.8. The molecule has 8 heteroatoms. The summed E-state index contributed by atoms with van der Waals surface area (Å²) in [5.41, 5.74) is 0.754. The number of urea groups is 1. The highest BCUT2D eigenvalue weighted by atomic mass is 32.2. The summed E-state index contributed by atoms with van der Waals surface area (Å²) in [5, 5.41) is 2.24. The van der Waals surface area contributed by atoms with Crippen molar-refractivity contribution in [1.82, 2.24) is 10.2 Å². The zero-order chi connectivity index (χ0) is 17.0. The summed E-state index contributed by atoms with van der Waals surface area (Å²) in [6, 6.07) is 5.55. The van der Waals surface area contributed by atoms with Gasteiger partial charge in [0.2, 0.25) is 0 Å². The maximum absolute atomic E-state index is 12.9. The molecular formula is C15H21FN2O4S. The molecule has 1 aliphatic heterocycles. The van der Waals surface area contributed by atoms with Gasteiger partial charge >= 0.3 is 6.03 Å². The van der Waals surface area contributed by atoms with Crippen molar-refractivity contribution in [3.63, 3.8) is 0 Å². The van der Waals surface area contributed by atoms with Crippen molar-refractivity contribution < 1.29 is 22.3 Å². The van der Waals surface area contributed by atoms with E-state index < -0.39 is 21.2 Å². The van der Waals surface area contributed by atoms with Gasteiger partial charge in [0.15, 0.2) is 9.84 Å². The second-order valence-corrected chi connectivity index (χ2v) is 7.97. The summed E-state index contributed by atoms with van der Waals surface area (Å²) in [4.78, 5) is 13.6. The zero-order valence-corrected chi connectivity index (χ0v) is 14.0. The number of nitrogens with zero attached hydrogens (tertiary/aromatic N) is 1.